The molecule has 1 saturated carbocycles. The Morgan fingerprint density at radius 3 is 2.57 bits per heavy atom. The van der Waals surface area contributed by atoms with Crippen LogP contribution in [0.3, 0.4) is 0 Å². The summed E-state index contributed by atoms with van der Waals surface area (Å²) in [5.74, 6) is -1.61. The molecule has 13 heteroatoms. The number of alkyl halides is 3. The molecule has 1 aliphatic carbocycles. The van der Waals surface area contributed by atoms with Gasteiger partial charge >= 0.3 is 12.1 Å². The van der Waals surface area contributed by atoms with Crippen molar-refractivity contribution in [3.05, 3.63) is 47.4 Å². The SMILES string of the molecule is COc1nc(NC(=O)c2cccc3c2OCC3)cn2cc(C34COC(C)(C3)C4)nc12.O=C(O)C(F)(F)F. The number of hydrogen-bond acceptors (Lipinski definition) is 7. The first kappa shape index (κ1) is 24.8. The van der Waals surface area contributed by atoms with E-state index in [1.54, 1.807) is 19.4 Å². The smallest absolute Gasteiger partial charge is 0.490 e. The maximum absolute atomic E-state index is 12.9. The molecule has 196 valence electrons. The van der Waals surface area contributed by atoms with Gasteiger partial charge in [-0.1, -0.05) is 12.1 Å². The maximum atomic E-state index is 12.9. The lowest BCUT2D eigenvalue weighted by Gasteiger charge is -2.41. The Balaban J connectivity index is 0.000000355. The van der Waals surface area contributed by atoms with Gasteiger partial charge in [-0.05, 0) is 31.4 Å². The molecule has 5 heterocycles. The Bertz CT molecular complexity index is 1400. The van der Waals surface area contributed by atoms with Crippen LogP contribution in [0.1, 0.15) is 41.4 Å². The number of nitrogens with one attached hydrogen (secondary N) is 1. The summed E-state index contributed by atoms with van der Waals surface area (Å²) in [6.07, 6.45) is 1.44. The van der Waals surface area contributed by atoms with Gasteiger partial charge in [0.05, 0.1) is 43.4 Å². The summed E-state index contributed by atoms with van der Waals surface area (Å²) in [5.41, 5.74) is 3.12. The molecule has 1 amide bonds. The number of para-hydroxylation sites is 1. The number of amides is 1. The number of halogens is 3. The van der Waals surface area contributed by atoms with Gasteiger partial charge in [0.1, 0.15) is 5.75 Å². The van der Waals surface area contributed by atoms with Gasteiger partial charge in [-0.2, -0.15) is 18.2 Å². The molecular formula is C24H23F3N4O6. The van der Waals surface area contributed by atoms with Gasteiger partial charge in [0, 0.05) is 18.0 Å². The van der Waals surface area contributed by atoms with Crippen LogP contribution in [0.5, 0.6) is 11.6 Å². The molecule has 0 spiro atoms. The van der Waals surface area contributed by atoms with E-state index in [1.807, 2.05) is 22.7 Å². The summed E-state index contributed by atoms with van der Waals surface area (Å²) in [6.45, 7) is 3.43. The first-order valence-electron chi connectivity index (χ1n) is 11.4. The minimum Gasteiger partial charge on any atom is -0.492 e. The van der Waals surface area contributed by atoms with E-state index in [0.717, 1.165) is 30.5 Å². The molecule has 0 unspecified atom stereocenters. The van der Waals surface area contributed by atoms with Crippen LogP contribution in [0, 0.1) is 0 Å². The number of carboxylic acid groups (broad SMARTS) is 1. The molecule has 37 heavy (non-hydrogen) atoms. The minimum absolute atomic E-state index is 0.0186. The summed E-state index contributed by atoms with van der Waals surface area (Å²) in [6, 6.07) is 5.62. The fourth-order valence-electron chi connectivity index (χ4n) is 5.15. The average molecular weight is 520 g/mol. The first-order valence-corrected chi connectivity index (χ1v) is 11.4. The van der Waals surface area contributed by atoms with Crippen molar-refractivity contribution < 1.29 is 42.1 Å². The highest BCUT2D eigenvalue weighted by Crippen LogP contribution is 2.58. The van der Waals surface area contributed by atoms with E-state index in [-0.39, 0.29) is 16.9 Å². The number of carbonyl (C=O) groups is 2. The van der Waals surface area contributed by atoms with E-state index < -0.39 is 12.1 Å². The lowest BCUT2D eigenvalue weighted by atomic mass is 9.62. The number of imidazole rings is 1. The second-order valence-corrected chi connectivity index (χ2v) is 9.51. The van der Waals surface area contributed by atoms with Crippen LogP contribution in [-0.2, 0) is 21.4 Å². The highest BCUT2D eigenvalue weighted by atomic mass is 19.4. The fourth-order valence-corrected chi connectivity index (χ4v) is 5.15. The van der Waals surface area contributed by atoms with Gasteiger partial charge < -0.3 is 24.6 Å². The number of methoxy groups -OCH3 is 1. The van der Waals surface area contributed by atoms with Crippen LogP contribution >= 0.6 is 0 Å². The van der Waals surface area contributed by atoms with Crippen LogP contribution in [-0.4, -0.2) is 63.5 Å². The Kier molecular flexibility index (Phi) is 5.77. The standard InChI is InChI=1S/C22H22N4O4.C2HF3O2/c1-21-10-22(11-21,12-30-21)15-8-26-9-16(25-20(28-2)18(26)23-15)24-19(27)14-5-3-4-13-6-7-29-17(13)14;3-2(4,5)1(6)7/h3-5,8-9H,6-7,10-12H2,1-2H3,(H,24,27);(H,6,7). The summed E-state index contributed by atoms with van der Waals surface area (Å²) in [5, 5.41) is 10.0. The number of fused-ring (bicyclic) bond motifs is 3. The number of aromatic nitrogens is 3. The molecule has 2 N–H and O–H groups in total. The van der Waals surface area contributed by atoms with E-state index in [0.29, 0.717) is 41.9 Å². The Morgan fingerprint density at radius 2 is 1.95 bits per heavy atom. The van der Waals surface area contributed by atoms with Gasteiger partial charge in [-0.25, -0.2) is 9.78 Å². The zero-order valence-corrected chi connectivity index (χ0v) is 19.9. The van der Waals surface area contributed by atoms with Crippen molar-refractivity contribution in [3.63, 3.8) is 0 Å². The highest BCUT2D eigenvalue weighted by molar-refractivity contribution is 6.06. The van der Waals surface area contributed by atoms with Gasteiger partial charge in [-0.3, -0.25) is 9.20 Å². The summed E-state index contributed by atoms with van der Waals surface area (Å²) in [7, 11) is 1.55. The van der Waals surface area contributed by atoms with Crippen LogP contribution in [0.2, 0.25) is 0 Å². The highest BCUT2D eigenvalue weighted by Gasteiger charge is 2.61. The van der Waals surface area contributed by atoms with Gasteiger partial charge in [0.15, 0.2) is 5.82 Å². The number of hydrogen-bond donors (Lipinski definition) is 2. The van der Waals surface area contributed by atoms with Crippen molar-refractivity contribution in [2.45, 2.75) is 43.4 Å². The number of aliphatic carboxylic acids is 1. The molecule has 0 radical (unpaired) electrons. The monoisotopic (exact) mass is 520 g/mol. The van der Waals surface area contributed by atoms with Crippen molar-refractivity contribution >= 4 is 23.3 Å². The lowest BCUT2D eigenvalue weighted by molar-refractivity contribution is -0.192. The van der Waals surface area contributed by atoms with Crippen molar-refractivity contribution in [2.75, 3.05) is 25.6 Å². The third-order valence-corrected chi connectivity index (χ3v) is 6.71. The number of carbonyl (C=O) groups excluding carboxylic acids is 1. The number of ether oxygens (including phenoxy) is 3. The number of benzene rings is 1. The van der Waals surface area contributed by atoms with Crippen molar-refractivity contribution in [2.24, 2.45) is 0 Å². The van der Waals surface area contributed by atoms with Gasteiger partial charge in [0.25, 0.3) is 11.8 Å². The first-order chi connectivity index (χ1) is 17.4. The number of anilines is 1. The van der Waals surface area contributed by atoms with E-state index in [9.17, 15) is 18.0 Å². The summed E-state index contributed by atoms with van der Waals surface area (Å²) < 4.78 is 50.6. The predicted molar refractivity (Wildman–Crippen MR) is 122 cm³/mol. The van der Waals surface area contributed by atoms with E-state index in [2.05, 4.69) is 17.2 Å². The van der Waals surface area contributed by atoms with E-state index >= 15 is 0 Å². The summed E-state index contributed by atoms with van der Waals surface area (Å²) in [4.78, 5) is 31.1. The molecule has 10 nitrogen and oxygen atoms in total. The second-order valence-electron chi connectivity index (χ2n) is 9.51. The molecule has 2 aromatic heterocycles. The molecule has 4 aliphatic rings. The van der Waals surface area contributed by atoms with Crippen LogP contribution < -0.4 is 14.8 Å². The fraction of sp³-hybridized carbons (Fsp3) is 0.417. The zero-order valence-electron chi connectivity index (χ0n) is 19.9. The number of nitrogens with zero attached hydrogens (tertiary/aromatic N) is 3. The van der Waals surface area contributed by atoms with Gasteiger partial charge in [-0.15, -0.1) is 0 Å². The molecule has 2 bridgehead atoms. The van der Waals surface area contributed by atoms with Crippen LogP contribution in [0.15, 0.2) is 30.6 Å². The summed E-state index contributed by atoms with van der Waals surface area (Å²) >= 11 is 0. The molecule has 1 aromatic carbocycles. The van der Waals surface area contributed by atoms with E-state index in [4.69, 9.17) is 29.1 Å². The lowest BCUT2D eigenvalue weighted by Crippen LogP contribution is -2.45. The maximum Gasteiger partial charge on any atom is 0.490 e. The third-order valence-electron chi connectivity index (χ3n) is 6.71. The third kappa shape index (κ3) is 4.43. The molecule has 2 saturated heterocycles. The number of carboxylic acids is 1. The van der Waals surface area contributed by atoms with Crippen molar-refractivity contribution in [3.8, 4) is 11.6 Å². The van der Waals surface area contributed by atoms with Gasteiger partial charge in [0.2, 0.25) is 5.65 Å². The van der Waals surface area contributed by atoms with Crippen molar-refractivity contribution in [1.82, 2.24) is 14.4 Å². The molecule has 0 atom stereocenters. The van der Waals surface area contributed by atoms with E-state index in [1.165, 1.54) is 0 Å². The Morgan fingerprint density at radius 1 is 1.22 bits per heavy atom. The molecule has 3 aromatic rings. The topological polar surface area (TPSA) is 124 Å². The average Bonchev–Trinajstić information content (AvgIpc) is 3.59. The Labute approximate surface area is 208 Å². The van der Waals surface area contributed by atoms with Crippen molar-refractivity contribution in [1.29, 1.82) is 0 Å². The quantitative estimate of drug-likeness (QED) is 0.537. The predicted octanol–water partition coefficient (Wildman–Crippen LogP) is 3.38. The molecular weight excluding hydrogens is 497 g/mol. The van der Waals surface area contributed by atoms with Crippen LogP contribution in [0.4, 0.5) is 19.0 Å². The van der Waals surface area contributed by atoms with Crippen LogP contribution in [0.25, 0.3) is 5.65 Å². The largest absolute Gasteiger partial charge is 0.492 e. The normalized spacial score (nSPS) is 23.4. The zero-order chi connectivity index (χ0) is 26.6. The number of rotatable bonds is 4. The minimum atomic E-state index is -5.08. The Hall–Kier alpha value is -3.87. The molecule has 7 rings (SSSR count). The second kappa shape index (κ2) is 8.61. The molecule has 3 aliphatic heterocycles. The molecule has 3 fully saturated rings.